The number of benzene rings is 3. The van der Waals surface area contributed by atoms with E-state index in [0.29, 0.717) is 5.75 Å². The summed E-state index contributed by atoms with van der Waals surface area (Å²) in [6.45, 7) is 3.78. The Morgan fingerprint density at radius 3 is 2.05 bits per heavy atom. The molecule has 8 heteroatoms. The van der Waals surface area contributed by atoms with Crippen molar-refractivity contribution < 1.29 is 24.2 Å². The molecule has 38 heavy (non-hydrogen) atoms. The molecular formula is C30H30N2O5S. The van der Waals surface area contributed by atoms with Crippen molar-refractivity contribution in [1.29, 1.82) is 0 Å². The summed E-state index contributed by atoms with van der Waals surface area (Å²) in [7, 11) is 0. The van der Waals surface area contributed by atoms with Gasteiger partial charge in [-0.05, 0) is 42.7 Å². The van der Waals surface area contributed by atoms with E-state index in [1.807, 2.05) is 74.5 Å². The standard InChI is InChI=1S/C30H30N2O5S/c1-30(2)26(29(35)36)32-27(34)25(28(32)38-30)31-23(33)17-18-37-22-15-13-21(14-16-22)24(19-9-5-3-6-10-19)20-11-7-4-8-12-20/h3-16,24-26,28H,17-18H2,1-2H3,(H,31,33)(H,35,36)/t25-,26+,28-/m1/s1. The van der Waals surface area contributed by atoms with E-state index >= 15 is 0 Å². The van der Waals surface area contributed by atoms with E-state index < -0.39 is 22.8 Å². The Morgan fingerprint density at radius 1 is 0.947 bits per heavy atom. The average Bonchev–Trinajstić information content (AvgIpc) is 3.17. The molecule has 0 radical (unpaired) electrons. The number of hydrogen-bond acceptors (Lipinski definition) is 5. The summed E-state index contributed by atoms with van der Waals surface area (Å²) >= 11 is 1.41. The van der Waals surface area contributed by atoms with Gasteiger partial charge in [0, 0.05) is 10.7 Å². The summed E-state index contributed by atoms with van der Waals surface area (Å²) in [5.74, 6) is -0.927. The van der Waals surface area contributed by atoms with Gasteiger partial charge in [0.15, 0.2) is 0 Å². The van der Waals surface area contributed by atoms with E-state index in [1.165, 1.54) is 27.8 Å². The minimum Gasteiger partial charge on any atom is -0.493 e. The molecule has 3 atom stereocenters. The fourth-order valence-electron chi connectivity index (χ4n) is 5.28. The number of hydrogen-bond donors (Lipinski definition) is 2. The van der Waals surface area contributed by atoms with Crippen LogP contribution in [0.15, 0.2) is 84.9 Å². The Kier molecular flexibility index (Phi) is 7.17. The Morgan fingerprint density at radius 2 is 1.50 bits per heavy atom. The van der Waals surface area contributed by atoms with E-state index in [4.69, 9.17) is 4.74 Å². The number of aliphatic carboxylic acids is 1. The van der Waals surface area contributed by atoms with Crippen molar-refractivity contribution in [3.63, 3.8) is 0 Å². The molecule has 2 aliphatic rings. The van der Waals surface area contributed by atoms with Crippen molar-refractivity contribution in [1.82, 2.24) is 10.2 Å². The summed E-state index contributed by atoms with van der Waals surface area (Å²) in [4.78, 5) is 38.1. The van der Waals surface area contributed by atoms with Crippen LogP contribution in [0.25, 0.3) is 0 Å². The van der Waals surface area contributed by atoms with E-state index in [0.717, 1.165) is 5.56 Å². The summed E-state index contributed by atoms with van der Waals surface area (Å²) in [6.07, 6.45) is 0.0886. The van der Waals surface area contributed by atoms with E-state index in [9.17, 15) is 19.5 Å². The first-order valence-electron chi connectivity index (χ1n) is 12.6. The maximum absolute atomic E-state index is 12.6. The lowest BCUT2D eigenvalue weighted by Crippen LogP contribution is -2.70. The number of carbonyl (C=O) groups is 3. The normalized spacial score (nSPS) is 21.5. The van der Waals surface area contributed by atoms with Gasteiger partial charge in [0.25, 0.3) is 0 Å². The van der Waals surface area contributed by atoms with Crippen LogP contribution < -0.4 is 10.1 Å². The van der Waals surface area contributed by atoms with Gasteiger partial charge in [0.05, 0.1) is 13.0 Å². The molecule has 5 rings (SSSR count). The van der Waals surface area contributed by atoms with Crippen LogP contribution >= 0.6 is 11.8 Å². The van der Waals surface area contributed by atoms with Crippen molar-refractivity contribution in [2.75, 3.05) is 6.61 Å². The van der Waals surface area contributed by atoms with Gasteiger partial charge in [-0.25, -0.2) is 4.79 Å². The molecule has 0 bridgehead atoms. The van der Waals surface area contributed by atoms with Crippen molar-refractivity contribution >= 4 is 29.5 Å². The number of ether oxygens (including phenoxy) is 1. The Hall–Kier alpha value is -3.78. The fourth-order valence-corrected chi connectivity index (χ4v) is 6.90. The second-order valence-electron chi connectivity index (χ2n) is 10.1. The van der Waals surface area contributed by atoms with Gasteiger partial charge in [-0.2, -0.15) is 0 Å². The van der Waals surface area contributed by atoms with Gasteiger partial charge in [-0.3, -0.25) is 9.59 Å². The number of rotatable bonds is 9. The fraction of sp³-hybridized carbons (Fsp3) is 0.300. The van der Waals surface area contributed by atoms with Crippen LogP contribution in [-0.2, 0) is 14.4 Å². The van der Waals surface area contributed by atoms with Gasteiger partial charge in [-0.15, -0.1) is 11.8 Å². The molecule has 2 fully saturated rings. The van der Waals surface area contributed by atoms with Crippen LogP contribution in [0.1, 0.15) is 42.9 Å². The quantitative estimate of drug-likeness (QED) is 0.317. The molecule has 2 saturated heterocycles. The van der Waals surface area contributed by atoms with Crippen LogP contribution in [0.3, 0.4) is 0 Å². The molecule has 3 aromatic carbocycles. The van der Waals surface area contributed by atoms with E-state index in [1.54, 1.807) is 0 Å². The van der Waals surface area contributed by atoms with Gasteiger partial charge in [-0.1, -0.05) is 72.8 Å². The number of nitrogens with zero attached hydrogens (tertiary/aromatic N) is 1. The van der Waals surface area contributed by atoms with Gasteiger partial charge in [0.2, 0.25) is 11.8 Å². The van der Waals surface area contributed by atoms with E-state index in [2.05, 4.69) is 29.6 Å². The van der Waals surface area contributed by atoms with Crippen molar-refractivity contribution in [3.8, 4) is 5.75 Å². The molecule has 7 nitrogen and oxygen atoms in total. The second kappa shape index (κ2) is 10.5. The molecule has 2 heterocycles. The maximum Gasteiger partial charge on any atom is 0.327 e. The lowest BCUT2D eigenvalue weighted by Gasteiger charge is -2.43. The number of β-lactam (4-membered cyclic amide) rings is 1. The molecule has 2 N–H and O–H groups in total. The predicted octanol–water partition coefficient (Wildman–Crippen LogP) is 4.27. The Labute approximate surface area is 226 Å². The average molecular weight is 531 g/mol. The summed E-state index contributed by atoms with van der Waals surface area (Å²) < 4.78 is 5.19. The number of amides is 2. The SMILES string of the molecule is CC1(C)S[C@@H]2[C@H](NC(=O)CCOc3ccc(C(c4ccccc4)c4ccccc4)cc3)C(=O)N2[C@H]1C(=O)O. The first-order chi connectivity index (χ1) is 18.3. The van der Waals surface area contributed by atoms with Crippen LogP contribution in [-0.4, -0.2) is 56.6 Å². The molecule has 0 unspecified atom stereocenters. The molecule has 0 spiro atoms. The van der Waals surface area contributed by atoms with Crippen LogP contribution in [0.4, 0.5) is 0 Å². The van der Waals surface area contributed by atoms with Gasteiger partial charge in [0.1, 0.15) is 23.2 Å². The van der Waals surface area contributed by atoms with Crippen LogP contribution in [0.2, 0.25) is 0 Å². The molecule has 0 aromatic heterocycles. The molecule has 0 saturated carbocycles. The highest BCUT2D eigenvalue weighted by Gasteiger charge is 2.64. The summed E-state index contributed by atoms with van der Waals surface area (Å²) in [6, 6.07) is 27.0. The number of nitrogens with one attached hydrogen (secondary N) is 1. The highest BCUT2D eigenvalue weighted by Crippen LogP contribution is 2.50. The third-order valence-corrected chi connectivity index (χ3v) is 8.64. The monoisotopic (exact) mass is 530 g/mol. The summed E-state index contributed by atoms with van der Waals surface area (Å²) in [5.41, 5.74) is 3.54. The molecular weight excluding hydrogens is 500 g/mol. The third-order valence-electron chi connectivity index (χ3n) is 7.07. The number of carboxylic acid groups (broad SMARTS) is 1. The van der Waals surface area contributed by atoms with Gasteiger partial charge >= 0.3 is 5.97 Å². The van der Waals surface area contributed by atoms with Crippen LogP contribution in [0.5, 0.6) is 5.75 Å². The van der Waals surface area contributed by atoms with E-state index in [-0.39, 0.29) is 36.1 Å². The smallest absolute Gasteiger partial charge is 0.327 e. The van der Waals surface area contributed by atoms with Crippen molar-refractivity contribution in [2.45, 2.75) is 48.4 Å². The zero-order valence-corrected chi connectivity index (χ0v) is 22.1. The molecule has 196 valence electrons. The molecule has 3 aromatic rings. The zero-order chi connectivity index (χ0) is 26.9. The first-order valence-corrected chi connectivity index (χ1v) is 13.5. The number of carboxylic acids is 1. The lowest BCUT2D eigenvalue weighted by molar-refractivity contribution is -0.161. The number of thioether (sulfide) groups is 1. The first kappa shape index (κ1) is 25.9. The minimum absolute atomic E-state index is 0.0886. The highest BCUT2D eigenvalue weighted by atomic mass is 32.2. The number of fused-ring (bicyclic) bond motifs is 1. The lowest BCUT2D eigenvalue weighted by atomic mass is 9.85. The molecule has 0 aliphatic carbocycles. The summed E-state index contributed by atoms with van der Waals surface area (Å²) in [5, 5.41) is 11.9. The predicted molar refractivity (Wildman–Crippen MR) is 146 cm³/mol. The van der Waals surface area contributed by atoms with Crippen molar-refractivity contribution in [3.05, 3.63) is 102 Å². The highest BCUT2D eigenvalue weighted by molar-refractivity contribution is 8.01. The topological polar surface area (TPSA) is 95.9 Å². The zero-order valence-electron chi connectivity index (χ0n) is 21.2. The van der Waals surface area contributed by atoms with Crippen molar-refractivity contribution in [2.24, 2.45) is 0 Å². The molecule has 2 aliphatic heterocycles. The maximum atomic E-state index is 12.6. The van der Waals surface area contributed by atoms with Gasteiger partial charge < -0.3 is 20.1 Å². The largest absolute Gasteiger partial charge is 0.493 e. The van der Waals surface area contributed by atoms with Crippen LogP contribution in [0, 0.1) is 0 Å². The third kappa shape index (κ3) is 5.00. The number of carbonyl (C=O) groups excluding carboxylic acids is 2. The second-order valence-corrected chi connectivity index (χ2v) is 11.8. The minimum atomic E-state index is -1.03. The molecule has 2 amide bonds. The Balaban J connectivity index is 1.16. The Bertz CT molecular complexity index is 1270.